The van der Waals surface area contributed by atoms with Crippen molar-refractivity contribution in [2.45, 2.75) is 32.5 Å². The molecule has 0 aliphatic carbocycles. The molecule has 0 fully saturated rings. The van der Waals surface area contributed by atoms with E-state index in [0.29, 0.717) is 6.54 Å². The molecule has 2 aromatic rings. The minimum Gasteiger partial charge on any atom is -0.496 e. The molecule has 0 saturated carbocycles. The van der Waals surface area contributed by atoms with Crippen LogP contribution in [-0.2, 0) is 11.3 Å². The summed E-state index contributed by atoms with van der Waals surface area (Å²) in [5.74, 6) is 0.370. The van der Waals surface area contributed by atoms with Gasteiger partial charge in [-0.25, -0.2) is 4.39 Å². The lowest BCUT2D eigenvalue weighted by Gasteiger charge is -2.20. The van der Waals surface area contributed by atoms with Crippen LogP contribution in [0.4, 0.5) is 4.39 Å². The predicted molar refractivity (Wildman–Crippen MR) is 100.0 cm³/mol. The van der Waals surface area contributed by atoms with E-state index in [-0.39, 0.29) is 23.8 Å². The molecule has 0 aliphatic rings. The summed E-state index contributed by atoms with van der Waals surface area (Å²) in [6.45, 7) is 4.18. The highest BCUT2D eigenvalue weighted by Crippen LogP contribution is 2.28. The molecule has 2 atom stereocenters. The molecule has 134 valence electrons. The van der Waals surface area contributed by atoms with E-state index in [4.69, 9.17) is 4.74 Å². The van der Waals surface area contributed by atoms with E-state index in [0.717, 1.165) is 21.3 Å². The van der Waals surface area contributed by atoms with Crippen LogP contribution in [0.2, 0.25) is 0 Å². The maximum absolute atomic E-state index is 12.9. The summed E-state index contributed by atoms with van der Waals surface area (Å²) in [6, 6.07) is 11.5. The Morgan fingerprint density at radius 1 is 1.20 bits per heavy atom. The quantitative estimate of drug-likeness (QED) is 0.728. The summed E-state index contributed by atoms with van der Waals surface area (Å²) in [4.78, 5) is 12.2. The van der Waals surface area contributed by atoms with Gasteiger partial charge in [-0.3, -0.25) is 10.1 Å². The van der Waals surface area contributed by atoms with Gasteiger partial charge in [-0.15, -0.1) is 0 Å². The number of halogens is 2. The molecule has 2 unspecified atom stereocenters. The third kappa shape index (κ3) is 5.54. The lowest BCUT2D eigenvalue weighted by molar-refractivity contribution is -0.123. The van der Waals surface area contributed by atoms with E-state index in [1.54, 1.807) is 19.2 Å². The van der Waals surface area contributed by atoms with Gasteiger partial charge in [0.15, 0.2) is 0 Å². The van der Waals surface area contributed by atoms with Crippen molar-refractivity contribution in [3.8, 4) is 5.75 Å². The van der Waals surface area contributed by atoms with E-state index >= 15 is 0 Å². The molecule has 0 bridgehead atoms. The van der Waals surface area contributed by atoms with Crippen molar-refractivity contribution in [2.24, 2.45) is 0 Å². The molecule has 2 aromatic carbocycles. The number of amides is 1. The van der Waals surface area contributed by atoms with Crippen molar-refractivity contribution >= 4 is 21.8 Å². The van der Waals surface area contributed by atoms with Gasteiger partial charge in [-0.05, 0) is 65.2 Å². The van der Waals surface area contributed by atoms with Gasteiger partial charge in [0.25, 0.3) is 0 Å². The number of nitrogens with one attached hydrogen (secondary N) is 2. The first-order valence-corrected chi connectivity index (χ1v) is 8.81. The Hall–Kier alpha value is -1.92. The Morgan fingerprint density at radius 3 is 2.48 bits per heavy atom. The van der Waals surface area contributed by atoms with E-state index < -0.39 is 0 Å². The lowest BCUT2D eigenvalue weighted by Crippen LogP contribution is -2.42. The fraction of sp³-hybridized carbons (Fsp3) is 0.316. The van der Waals surface area contributed by atoms with Crippen LogP contribution in [0, 0.1) is 5.82 Å². The van der Waals surface area contributed by atoms with Crippen LogP contribution >= 0.6 is 15.9 Å². The summed E-state index contributed by atoms with van der Waals surface area (Å²) >= 11 is 3.47. The van der Waals surface area contributed by atoms with Gasteiger partial charge in [0.2, 0.25) is 5.91 Å². The maximum atomic E-state index is 12.9. The number of methoxy groups -OCH3 is 1. The van der Waals surface area contributed by atoms with Gasteiger partial charge in [-0.1, -0.05) is 18.2 Å². The maximum Gasteiger partial charge on any atom is 0.237 e. The highest BCUT2D eigenvalue weighted by molar-refractivity contribution is 9.10. The molecule has 2 rings (SSSR count). The summed E-state index contributed by atoms with van der Waals surface area (Å²) in [6.07, 6.45) is 0. The highest BCUT2D eigenvalue weighted by atomic mass is 79.9. The van der Waals surface area contributed by atoms with Crippen LogP contribution in [-0.4, -0.2) is 19.1 Å². The van der Waals surface area contributed by atoms with Gasteiger partial charge in [0.05, 0.1) is 17.6 Å². The smallest absolute Gasteiger partial charge is 0.237 e. The number of hydrogen-bond acceptors (Lipinski definition) is 3. The molecule has 0 aromatic heterocycles. The average molecular weight is 409 g/mol. The molecule has 0 aliphatic heterocycles. The minimum absolute atomic E-state index is 0.00576. The second kappa shape index (κ2) is 8.97. The number of carbonyl (C=O) groups is 1. The van der Waals surface area contributed by atoms with E-state index in [9.17, 15) is 9.18 Å². The van der Waals surface area contributed by atoms with Gasteiger partial charge < -0.3 is 10.1 Å². The normalized spacial score (nSPS) is 13.2. The first-order chi connectivity index (χ1) is 11.9. The lowest BCUT2D eigenvalue weighted by atomic mass is 10.1. The number of carbonyl (C=O) groups excluding carboxylic acids is 1. The summed E-state index contributed by atoms with van der Waals surface area (Å²) in [7, 11) is 1.62. The average Bonchev–Trinajstić information content (AvgIpc) is 2.60. The van der Waals surface area contributed by atoms with Crippen molar-refractivity contribution in [1.29, 1.82) is 0 Å². The Balaban J connectivity index is 1.89. The molecule has 0 spiro atoms. The minimum atomic E-state index is -0.365. The van der Waals surface area contributed by atoms with Crippen LogP contribution in [0.1, 0.15) is 31.0 Å². The molecular formula is C19H22BrFN2O2. The molecule has 2 N–H and O–H groups in total. The highest BCUT2D eigenvalue weighted by Gasteiger charge is 2.16. The molecule has 1 amide bonds. The fourth-order valence-corrected chi connectivity index (χ4v) is 3.00. The zero-order valence-electron chi connectivity index (χ0n) is 14.5. The van der Waals surface area contributed by atoms with Crippen LogP contribution in [0.15, 0.2) is 46.9 Å². The Kier molecular flexibility index (Phi) is 6.96. The SMILES string of the molecule is COc1ccc(C(C)NC(C)C(=O)NCc2ccc(F)cc2)cc1Br. The summed E-state index contributed by atoms with van der Waals surface area (Å²) in [5, 5.41) is 6.12. The van der Waals surface area contributed by atoms with Crippen molar-refractivity contribution in [2.75, 3.05) is 7.11 Å². The van der Waals surface area contributed by atoms with Crippen LogP contribution in [0.25, 0.3) is 0 Å². The summed E-state index contributed by atoms with van der Waals surface area (Å²) < 4.78 is 19.0. The molecule has 0 saturated heterocycles. The van der Waals surface area contributed by atoms with E-state index in [2.05, 4.69) is 26.6 Å². The van der Waals surface area contributed by atoms with Gasteiger partial charge >= 0.3 is 0 Å². The predicted octanol–water partition coefficient (Wildman–Crippen LogP) is 3.95. The number of rotatable bonds is 7. The Bertz CT molecular complexity index is 722. The third-order valence-corrected chi connectivity index (χ3v) is 4.57. The zero-order chi connectivity index (χ0) is 18.4. The van der Waals surface area contributed by atoms with Crippen molar-refractivity contribution < 1.29 is 13.9 Å². The van der Waals surface area contributed by atoms with Crippen molar-refractivity contribution in [3.63, 3.8) is 0 Å². The topological polar surface area (TPSA) is 50.4 Å². The standard InChI is InChI=1S/C19H22BrFN2O2/c1-12(15-6-9-18(25-3)17(20)10-15)23-13(2)19(24)22-11-14-4-7-16(21)8-5-14/h4-10,12-13,23H,11H2,1-3H3,(H,22,24). The first-order valence-electron chi connectivity index (χ1n) is 8.02. The molecule has 0 heterocycles. The summed E-state index contributed by atoms with van der Waals surface area (Å²) in [5.41, 5.74) is 1.90. The second-order valence-electron chi connectivity index (χ2n) is 5.85. The van der Waals surface area contributed by atoms with Gasteiger partial charge in [0.1, 0.15) is 11.6 Å². The first kappa shape index (κ1) is 19.4. The van der Waals surface area contributed by atoms with Crippen LogP contribution in [0.5, 0.6) is 5.75 Å². The number of benzene rings is 2. The van der Waals surface area contributed by atoms with E-state index in [1.165, 1.54) is 12.1 Å². The largest absolute Gasteiger partial charge is 0.496 e. The monoisotopic (exact) mass is 408 g/mol. The van der Waals surface area contributed by atoms with Gasteiger partial charge in [-0.2, -0.15) is 0 Å². The second-order valence-corrected chi connectivity index (χ2v) is 6.70. The molecule has 6 heteroatoms. The third-order valence-electron chi connectivity index (χ3n) is 3.95. The van der Waals surface area contributed by atoms with Crippen LogP contribution < -0.4 is 15.4 Å². The number of ether oxygens (including phenoxy) is 1. The van der Waals surface area contributed by atoms with Crippen molar-refractivity contribution in [3.05, 3.63) is 63.9 Å². The number of hydrogen-bond donors (Lipinski definition) is 2. The zero-order valence-corrected chi connectivity index (χ0v) is 16.1. The fourth-order valence-electron chi connectivity index (χ4n) is 2.44. The molecular weight excluding hydrogens is 387 g/mol. The molecule has 4 nitrogen and oxygen atoms in total. The van der Waals surface area contributed by atoms with Gasteiger partial charge in [0, 0.05) is 12.6 Å². The van der Waals surface area contributed by atoms with Crippen LogP contribution in [0.3, 0.4) is 0 Å². The van der Waals surface area contributed by atoms with Crippen molar-refractivity contribution in [1.82, 2.24) is 10.6 Å². The van der Waals surface area contributed by atoms with E-state index in [1.807, 2.05) is 32.0 Å². The molecule has 25 heavy (non-hydrogen) atoms. The Morgan fingerprint density at radius 2 is 1.88 bits per heavy atom. The Labute approximate surface area is 155 Å². The molecule has 0 radical (unpaired) electrons.